The molecule has 2 aliphatic rings. The summed E-state index contributed by atoms with van der Waals surface area (Å²) in [6.45, 7) is 2.40. The molecule has 0 fully saturated rings. The maximum Gasteiger partial charge on any atom is 0.172 e. The molecule has 1 unspecified atom stereocenters. The second kappa shape index (κ2) is 7.94. The number of aliphatic hydroxyl groups excluding tert-OH is 1. The fourth-order valence-electron chi connectivity index (χ4n) is 2.70. The van der Waals surface area contributed by atoms with Crippen LogP contribution in [0.4, 0.5) is 0 Å². The molecule has 132 valence electrons. The van der Waals surface area contributed by atoms with Crippen molar-refractivity contribution in [2.75, 3.05) is 13.7 Å². The molecule has 0 radical (unpaired) electrons. The smallest absolute Gasteiger partial charge is 0.172 e. The van der Waals surface area contributed by atoms with Crippen molar-refractivity contribution in [1.82, 2.24) is 0 Å². The third-order valence-electron chi connectivity index (χ3n) is 3.99. The zero-order chi connectivity index (χ0) is 17.6. The SMILES string of the molecule is CCOc1cc(C(O)C2=COC=C(C3=CC=CCC3)O2)ccc1OC. The van der Waals surface area contributed by atoms with E-state index in [1.807, 2.05) is 19.1 Å². The van der Waals surface area contributed by atoms with Gasteiger partial charge in [0.15, 0.2) is 23.0 Å². The van der Waals surface area contributed by atoms with Gasteiger partial charge < -0.3 is 24.1 Å². The molecule has 1 aliphatic carbocycles. The van der Waals surface area contributed by atoms with E-state index < -0.39 is 6.10 Å². The van der Waals surface area contributed by atoms with Gasteiger partial charge in [-0.2, -0.15) is 0 Å². The number of benzene rings is 1. The van der Waals surface area contributed by atoms with Gasteiger partial charge in [-0.25, -0.2) is 0 Å². The molecule has 0 spiro atoms. The van der Waals surface area contributed by atoms with Crippen LogP contribution in [0.2, 0.25) is 0 Å². The van der Waals surface area contributed by atoms with Crippen LogP contribution in [0.5, 0.6) is 11.5 Å². The highest BCUT2D eigenvalue weighted by Gasteiger charge is 2.23. The molecule has 5 nitrogen and oxygen atoms in total. The molecule has 0 amide bonds. The van der Waals surface area contributed by atoms with Crippen molar-refractivity contribution in [3.8, 4) is 11.5 Å². The van der Waals surface area contributed by atoms with Crippen LogP contribution in [0, 0.1) is 0 Å². The molecule has 0 saturated carbocycles. The standard InChI is InChI=1S/C20H22O5/c1-3-24-17-11-15(9-10-16(17)22-2)20(21)19-13-23-12-18(25-19)14-7-5-4-6-8-14/h4-5,7,9-13,20-21H,3,6,8H2,1-2H3. The molecular weight excluding hydrogens is 320 g/mol. The van der Waals surface area contributed by atoms with Gasteiger partial charge in [0.05, 0.1) is 13.7 Å². The number of methoxy groups -OCH3 is 1. The number of hydrogen-bond acceptors (Lipinski definition) is 5. The first-order valence-electron chi connectivity index (χ1n) is 8.31. The van der Waals surface area contributed by atoms with Crippen molar-refractivity contribution in [2.45, 2.75) is 25.9 Å². The molecule has 0 saturated heterocycles. The fraction of sp³-hybridized carbons (Fsp3) is 0.300. The summed E-state index contributed by atoms with van der Waals surface area (Å²) in [5.41, 5.74) is 1.68. The Labute approximate surface area is 147 Å². The number of ether oxygens (including phenoxy) is 4. The van der Waals surface area contributed by atoms with E-state index in [4.69, 9.17) is 18.9 Å². The van der Waals surface area contributed by atoms with Crippen LogP contribution >= 0.6 is 0 Å². The van der Waals surface area contributed by atoms with Crippen LogP contribution < -0.4 is 9.47 Å². The van der Waals surface area contributed by atoms with E-state index in [1.54, 1.807) is 31.6 Å². The van der Waals surface area contributed by atoms with Gasteiger partial charge in [0.2, 0.25) is 0 Å². The predicted molar refractivity (Wildman–Crippen MR) is 93.9 cm³/mol. The van der Waals surface area contributed by atoms with Gasteiger partial charge in [0.25, 0.3) is 0 Å². The minimum absolute atomic E-state index is 0.334. The van der Waals surface area contributed by atoms with Gasteiger partial charge in [-0.15, -0.1) is 0 Å². The first kappa shape index (κ1) is 17.2. The molecule has 1 atom stereocenters. The minimum atomic E-state index is -0.964. The maximum atomic E-state index is 10.7. The first-order chi connectivity index (χ1) is 12.2. The van der Waals surface area contributed by atoms with E-state index >= 15 is 0 Å². The average Bonchev–Trinajstić information content (AvgIpc) is 2.68. The summed E-state index contributed by atoms with van der Waals surface area (Å²) in [4.78, 5) is 0. The van der Waals surface area contributed by atoms with Crippen LogP contribution in [-0.4, -0.2) is 18.8 Å². The molecule has 0 aromatic heterocycles. The Balaban J connectivity index is 1.78. The summed E-state index contributed by atoms with van der Waals surface area (Å²) >= 11 is 0. The van der Waals surface area contributed by atoms with Crippen molar-refractivity contribution in [3.63, 3.8) is 0 Å². The normalized spacial score (nSPS) is 17.5. The lowest BCUT2D eigenvalue weighted by Gasteiger charge is -2.23. The van der Waals surface area contributed by atoms with Crippen molar-refractivity contribution in [3.05, 3.63) is 71.6 Å². The van der Waals surface area contributed by atoms with Crippen molar-refractivity contribution >= 4 is 0 Å². The highest BCUT2D eigenvalue weighted by Crippen LogP contribution is 2.35. The van der Waals surface area contributed by atoms with Crippen molar-refractivity contribution in [1.29, 1.82) is 0 Å². The monoisotopic (exact) mass is 342 g/mol. The average molecular weight is 342 g/mol. The van der Waals surface area contributed by atoms with E-state index in [0.717, 1.165) is 18.4 Å². The molecule has 25 heavy (non-hydrogen) atoms. The molecule has 1 aliphatic heterocycles. The van der Waals surface area contributed by atoms with Crippen LogP contribution in [0.3, 0.4) is 0 Å². The maximum absolute atomic E-state index is 10.7. The highest BCUT2D eigenvalue weighted by atomic mass is 16.6. The largest absolute Gasteiger partial charge is 0.493 e. The number of allylic oxidation sites excluding steroid dienone is 4. The van der Waals surface area contributed by atoms with Crippen molar-refractivity contribution < 1.29 is 24.1 Å². The summed E-state index contributed by atoms with van der Waals surface area (Å²) in [6.07, 6.45) is 9.94. The van der Waals surface area contributed by atoms with Gasteiger partial charge in [-0.3, -0.25) is 0 Å². The Hall–Kier alpha value is -2.66. The van der Waals surface area contributed by atoms with Crippen molar-refractivity contribution in [2.24, 2.45) is 0 Å². The molecule has 0 bridgehead atoms. The Morgan fingerprint density at radius 1 is 1.24 bits per heavy atom. The molecule has 1 heterocycles. The molecule has 3 rings (SSSR count). The zero-order valence-electron chi connectivity index (χ0n) is 14.4. The van der Waals surface area contributed by atoms with E-state index in [-0.39, 0.29) is 0 Å². The van der Waals surface area contributed by atoms with Crippen LogP contribution in [0.15, 0.2) is 66.0 Å². The van der Waals surface area contributed by atoms with Crippen LogP contribution in [0.1, 0.15) is 31.4 Å². The summed E-state index contributed by atoms with van der Waals surface area (Å²) in [6, 6.07) is 5.29. The molecule has 5 heteroatoms. The van der Waals surface area contributed by atoms with Gasteiger partial charge in [0, 0.05) is 0 Å². The van der Waals surface area contributed by atoms with E-state index in [2.05, 4.69) is 6.08 Å². The Bertz CT molecular complexity index is 742. The summed E-state index contributed by atoms with van der Waals surface area (Å²) in [5.74, 6) is 2.15. The lowest BCUT2D eigenvalue weighted by atomic mass is 10.0. The number of hydrogen-bond donors (Lipinski definition) is 1. The Morgan fingerprint density at radius 2 is 2.12 bits per heavy atom. The topological polar surface area (TPSA) is 57.2 Å². The number of aliphatic hydroxyl groups is 1. The second-order valence-corrected chi connectivity index (χ2v) is 5.65. The third kappa shape index (κ3) is 3.88. The van der Waals surface area contributed by atoms with Crippen LogP contribution in [0.25, 0.3) is 0 Å². The first-order valence-corrected chi connectivity index (χ1v) is 8.31. The second-order valence-electron chi connectivity index (χ2n) is 5.65. The molecule has 1 aromatic carbocycles. The lowest BCUT2D eigenvalue weighted by Crippen LogP contribution is -2.11. The van der Waals surface area contributed by atoms with E-state index in [1.165, 1.54) is 6.26 Å². The Kier molecular flexibility index (Phi) is 5.46. The summed E-state index contributed by atoms with van der Waals surface area (Å²) < 4.78 is 22.1. The fourth-order valence-corrected chi connectivity index (χ4v) is 2.70. The van der Waals surface area contributed by atoms with Gasteiger partial charge in [-0.05, 0) is 43.0 Å². The summed E-state index contributed by atoms with van der Waals surface area (Å²) in [7, 11) is 1.58. The quantitative estimate of drug-likeness (QED) is 0.842. The minimum Gasteiger partial charge on any atom is -0.493 e. The molecule has 1 N–H and O–H groups in total. The lowest BCUT2D eigenvalue weighted by molar-refractivity contribution is 0.112. The van der Waals surface area contributed by atoms with Gasteiger partial charge >= 0.3 is 0 Å². The Morgan fingerprint density at radius 3 is 2.84 bits per heavy atom. The third-order valence-corrected chi connectivity index (χ3v) is 3.99. The summed E-state index contributed by atoms with van der Waals surface area (Å²) in [5, 5.41) is 10.7. The molecule has 1 aromatic rings. The van der Waals surface area contributed by atoms with Gasteiger partial charge in [-0.1, -0.05) is 24.3 Å². The van der Waals surface area contributed by atoms with Gasteiger partial charge in [0.1, 0.15) is 18.6 Å². The number of rotatable bonds is 6. The van der Waals surface area contributed by atoms with E-state index in [9.17, 15) is 5.11 Å². The molecular formula is C20H22O5. The zero-order valence-corrected chi connectivity index (χ0v) is 14.4. The predicted octanol–water partition coefficient (Wildman–Crippen LogP) is 4.13. The van der Waals surface area contributed by atoms with E-state index in [0.29, 0.717) is 35.2 Å². The highest BCUT2D eigenvalue weighted by molar-refractivity contribution is 5.45. The van der Waals surface area contributed by atoms with Crippen LogP contribution in [-0.2, 0) is 9.47 Å².